The maximum atomic E-state index is 3.48. The van der Waals surface area contributed by atoms with Crippen molar-refractivity contribution in [3.63, 3.8) is 0 Å². The molecule has 0 spiro atoms. The summed E-state index contributed by atoms with van der Waals surface area (Å²) < 4.78 is 0. The summed E-state index contributed by atoms with van der Waals surface area (Å²) in [6.45, 7) is 10.1. The quantitative estimate of drug-likeness (QED) is 0.685. The molecule has 0 aliphatic heterocycles. The molecule has 0 bridgehead atoms. The Kier molecular flexibility index (Phi) is 6.64. The summed E-state index contributed by atoms with van der Waals surface area (Å²) in [4.78, 5) is 2.49. The number of nitrogens with one attached hydrogen (secondary N) is 1. The molecule has 0 atom stereocenters. The van der Waals surface area contributed by atoms with E-state index >= 15 is 0 Å². The first-order valence-corrected chi connectivity index (χ1v) is 6.75. The summed E-state index contributed by atoms with van der Waals surface area (Å²) in [5.74, 6) is 0. The third-order valence-electron chi connectivity index (χ3n) is 2.50. The van der Waals surface area contributed by atoms with Crippen molar-refractivity contribution < 1.29 is 0 Å². The molecule has 15 heavy (non-hydrogen) atoms. The molecule has 1 rings (SSSR count). The van der Waals surface area contributed by atoms with Gasteiger partial charge in [-0.25, -0.2) is 0 Å². The lowest BCUT2D eigenvalue weighted by Crippen LogP contribution is -2.32. The minimum Gasteiger partial charge on any atom is -0.311 e. The molecule has 86 valence electrons. The van der Waals surface area contributed by atoms with Crippen molar-refractivity contribution in [1.82, 2.24) is 10.2 Å². The van der Waals surface area contributed by atoms with E-state index in [4.69, 9.17) is 0 Å². The van der Waals surface area contributed by atoms with Crippen LogP contribution in [0.4, 0.5) is 0 Å². The summed E-state index contributed by atoms with van der Waals surface area (Å²) in [5, 5.41) is 7.81. The third-order valence-corrected chi connectivity index (χ3v) is 3.23. The minimum absolute atomic E-state index is 1.01. The SMILES string of the molecule is CCCN(CC)CCNCc1ccsc1. The first-order chi connectivity index (χ1) is 7.36. The molecule has 0 aromatic carbocycles. The van der Waals surface area contributed by atoms with Gasteiger partial charge in [0.1, 0.15) is 0 Å². The van der Waals surface area contributed by atoms with Gasteiger partial charge in [-0.05, 0) is 41.9 Å². The smallest absolute Gasteiger partial charge is 0.0214 e. The molecule has 1 aromatic rings. The van der Waals surface area contributed by atoms with Crippen molar-refractivity contribution >= 4 is 11.3 Å². The Labute approximate surface area is 97.3 Å². The van der Waals surface area contributed by atoms with Crippen LogP contribution in [-0.2, 0) is 6.54 Å². The first-order valence-electron chi connectivity index (χ1n) is 5.81. The van der Waals surface area contributed by atoms with Crippen LogP contribution in [0, 0.1) is 0 Å². The Bertz CT molecular complexity index is 234. The van der Waals surface area contributed by atoms with Gasteiger partial charge in [0.2, 0.25) is 0 Å². The van der Waals surface area contributed by atoms with Gasteiger partial charge in [0, 0.05) is 19.6 Å². The topological polar surface area (TPSA) is 15.3 Å². The molecular formula is C12H22N2S. The van der Waals surface area contributed by atoms with E-state index in [0.29, 0.717) is 0 Å². The maximum Gasteiger partial charge on any atom is 0.0214 e. The lowest BCUT2D eigenvalue weighted by Gasteiger charge is -2.19. The highest BCUT2D eigenvalue weighted by Gasteiger charge is 1.99. The van der Waals surface area contributed by atoms with Crippen molar-refractivity contribution in [1.29, 1.82) is 0 Å². The van der Waals surface area contributed by atoms with Crippen LogP contribution in [0.1, 0.15) is 25.8 Å². The van der Waals surface area contributed by atoms with E-state index in [2.05, 4.69) is 40.9 Å². The van der Waals surface area contributed by atoms with Gasteiger partial charge >= 0.3 is 0 Å². The predicted octanol–water partition coefficient (Wildman–Crippen LogP) is 2.57. The van der Waals surface area contributed by atoms with Crippen molar-refractivity contribution in [3.8, 4) is 0 Å². The summed E-state index contributed by atoms with van der Waals surface area (Å²) >= 11 is 1.77. The standard InChI is InChI=1S/C12H22N2S/c1-3-7-14(4-2)8-6-13-10-12-5-9-15-11-12/h5,9,11,13H,3-4,6-8,10H2,1-2H3. The first kappa shape index (κ1) is 12.7. The number of nitrogens with zero attached hydrogens (tertiary/aromatic N) is 1. The average Bonchev–Trinajstić information content (AvgIpc) is 2.75. The van der Waals surface area contributed by atoms with E-state index in [1.807, 2.05) is 0 Å². The lowest BCUT2D eigenvalue weighted by molar-refractivity contribution is 0.287. The molecule has 0 saturated heterocycles. The second-order valence-electron chi connectivity index (χ2n) is 3.74. The summed E-state index contributed by atoms with van der Waals surface area (Å²) in [6.07, 6.45) is 1.25. The Balaban J connectivity index is 2.05. The number of hydrogen-bond acceptors (Lipinski definition) is 3. The Morgan fingerprint density at radius 1 is 1.33 bits per heavy atom. The van der Waals surface area contributed by atoms with Gasteiger partial charge in [0.05, 0.1) is 0 Å². The third kappa shape index (κ3) is 5.30. The molecule has 1 heterocycles. The van der Waals surface area contributed by atoms with E-state index in [0.717, 1.165) is 26.2 Å². The molecule has 0 amide bonds. The Hall–Kier alpha value is -0.380. The second kappa shape index (κ2) is 7.85. The second-order valence-corrected chi connectivity index (χ2v) is 4.52. The Morgan fingerprint density at radius 2 is 2.20 bits per heavy atom. The summed E-state index contributed by atoms with van der Waals surface area (Å²) in [7, 11) is 0. The van der Waals surface area contributed by atoms with Crippen molar-refractivity contribution in [2.45, 2.75) is 26.8 Å². The average molecular weight is 226 g/mol. The van der Waals surface area contributed by atoms with E-state index < -0.39 is 0 Å². The van der Waals surface area contributed by atoms with Crippen molar-refractivity contribution in [2.75, 3.05) is 26.2 Å². The van der Waals surface area contributed by atoms with Crippen LogP contribution in [0.2, 0.25) is 0 Å². The number of rotatable bonds is 8. The number of thiophene rings is 1. The molecule has 1 N–H and O–H groups in total. The number of likely N-dealkylation sites (N-methyl/N-ethyl adjacent to an activating group) is 1. The fourth-order valence-electron chi connectivity index (χ4n) is 1.61. The molecule has 0 unspecified atom stereocenters. The van der Waals surface area contributed by atoms with Crippen LogP contribution in [-0.4, -0.2) is 31.1 Å². The van der Waals surface area contributed by atoms with E-state index in [-0.39, 0.29) is 0 Å². The van der Waals surface area contributed by atoms with Crippen LogP contribution in [0.25, 0.3) is 0 Å². The van der Waals surface area contributed by atoms with Gasteiger partial charge in [-0.1, -0.05) is 13.8 Å². The van der Waals surface area contributed by atoms with Gasteiger partial charge in [0.25, 0.3) is 0 Å². The highest BCUT2D eigenvalue weighted by atomic mass is 32.1. The molecular weight excluding hydrogens is 204 g/mol. The monoisotopic (exact) mass is 226 g/mol. The van der Waals surface area contributed by atoms with E-state index in [1.165, 1.54) is 18.5 Å². The van der Waals surface area contributed by atoms with Crippen molar-refractivity contribution in [2.24, 2.45) is 0 Å². The summed E-state index contributed by atoms with van der Waals surface area (Å²) in [6, 6.07) is 2.18. The molecule has 0 aliphatic carbocycles. The zero-order valence-corrected chi connectivity index (χ0v) is 10.6. The van der Waals surface area contributed by atoms with Gasteiger partial charge in [-0.2, -0.15) is 11.3 Å². The summed E-state index contributed by atoms with van der Waals surface area (Å²) in [5.41, 5.74) is 1.40. The maximum absolute atomic E-state index is 3.48. The number of hydrogen-bond donors (Lipinski definition) is 1. The zero-order chi connectivity index (χ0) is 10.9. The van der Waals surface area contributed by atoms with Gasteiger partial charge < -0.3 is 10.2 Å². The van der Waals surface area contributed by atoms with Crippen LogP contribution in [0.3, 0.4) is 0 Å². The normalized spacial score (nSPS) is 11.1. The molecule has 0 fully saturated rings. The van der Waals surface area contributed by atoms with Gasteiger partial charge in [-0.15, -0.1) is 0 Å². The van der Waals surface area contributed by atoms with Crippen LogP contribution >= 0.6 is 11.3 Å². The van der Waals surface area contributed by atoms with Crippen molar-refractivity contribution in [3.05, 3.63) is 22.4 Å². The largest absolute Gasteiger partial charge is 0.311 e. The van der Waals surface area contributed by atoms with Crippen LogP contribution < -0.4 is 5.32 Å². The zero-order valence-electron chi connectivity index (χ0n) is 9.83. The molecule has 0 saturated carbocycles. The minimum atomic E-state index is 1.01. The fourth-order valence-corrected chi connectivity index (χ4v) is 2.28. The molecule has 3 heteroatoms. The fraction of sp³-hybridized carbons (Fsp3) is 0.667. The highest BCUT2D eigenvalue weighted by molar-refractivity contribution is 7.07. The molecule has 0 radical (unpaired) electrons. The molecule has 2 nitrogen and oxygen atoms in total. The Morgan fingerprint density at radius 3 is 2.80 bits per heavy atom. The van der Waals surface area contributed by atoms with E-state index in [9.17, 15) is 0 Å². The van der Waals surface area contributed by atoms with Crippen LogP contribution in [0.15, 0.2) is 16.8 Å². The predicted molar refractivity (Wildman–Crippen MR) is 68.4 cm³/mol. The lowest BCUT2D eigenvalue weighted by atomic mass is 10.3. The van der Waals surface area contributed by atoms with Crippen LogP contribution in [0.5, 0.6) is 0 Å². The van der Waals surface area contributed by atoms with E-state index in [1.54, 1.807) is 11.3 Å². The molecule has 1 aromatic heterocycles. The molecule has 0 aliphatic rings. The highest BCUT2D eigenvalue weighted by Crippen LogP contribution is 2.04. The van der Waals surface area contributed by atoms with Gasteiger partial charge in [-0.3, -0.25) is 0 Å². The van der Waals surface area contributed by atoms with Gasteiger partial charge in [0.15, 0.2) is 0 Å².